The number of phenolic OH excluding ortho intramolecular Hbond substituents is 1. The summed E-state index contributed by atoms with van der Waals surface area (Å²) in [5.41, 5.74) is -0.130. The van der Waals surface area contributed by atoms with Gasteiger partial charge in [0.25, 0.3) is 0 Å². The molecule has 0 radical (unpaired) electrons. The molecule has 0 saturated carbocycles. The molecule has 2 N–H and O–H groups in total. The first-order chi connectivity index (χ1) is 7.47. The van der Waals surface area contributed by atoms with E-state index in [-0.39, 0.29) is 23.5 Å². The van der Waals surface area contributed by atoms with Gasteiger partial charge < -0.3 is 14.9 Å². The van der Waals surface area contributed by atoms with E-state index in [1.807, 2.05) is 0 Å². The number of hydrogen-bond acceptors (Lipinski definition) is 4. The van der Waals surface area contributed by atoms with Crippen LogP contribution in [0.3, 0.4) is 0 Å². The van der Waals surface area contributed by atoms with E-state index >= 15 is 0 Å². The Labute approximate surface area is 92.3 Å². The summed E-state index contributed by atoms with van der Waals surface area (Å²) in [6, 6.07) is 2.21. The highest BCUT2D eigenvalue weighted by Gasteiger charge is 2.23. The first kappa shape index (κ1) is 12.4. The second-order valence-electron chi connectivity index (χ2n) is 3.32. The Morgan fingerprint density at radius 3 is 2.75 bits per heavy atom. The molecule has 0 bridgehead atoms. The molecule has 1 atom stereocenters. The van der Waals surface area contributed by atoms with Crippen molar-refractivity contribution in [3.05, 3.63) is 29.1 Å². The minimum atomic E-state index is -1.72. The largest absolute Gasteiger partial charge is 0.508 e. The summed E-state index contributed by atoms with van der Waals surface area (Å²) in [6.45, 7) is 3.10. The predicted molar refractivity (Wildman–Crippen MR) is 54.4 cm³/mol. The van der Waals surface area contributed by atoms with Crippen LogP contribution in [0.4, 0.5) is 4.39 Å². The van der Waals surface area contributed by atoms with E-state index in [1.165, 1.54) is 13.0 Å². The van der Waals surface area contributed by atoms with E-state index in [0.29, 0.717) is 0 Å². The lowest BCUT2D eigenvalue weighted by molar-refractivity contribution is -0.153. The van der Waals surface area contributed by atoms with Gasteiger partial charge in [-0.25, -0.2) is 9.18 Å². The van der Waals surface area contributed by atoms with Crippen molar-refractivity contribution < 1.29 is 24.1 Å². The number of aryl methyl sites for hydroxylation is 1. The van der Waals surface area contributed by atoms with E-state index < -0.39 is 17.9 Å². The Hall–Kier alpha value is -1.62. The molecule has 1 aromatic carbocycles. The number of ether oxygens (including phenoxy) is 1. The maximum absolute atomic E-state index is 13.6. The van der Waals surface area contributed by atoms with Gasteiger partial charge >= 0.3 is 5.97 Å². The van der Waals surface area contributed by atoms with Crippen LogP contribution in [0.2, 0.25) is 0 Å². The summed E-state index contributed by atoms with van der Waals surface area (Å²) in [7, 11) is 0. The number of halogens is 1. The number of carbonyl (C=O) groups excluding carboxylic acids is 1. The van der Waals surface area contributed by atoms with Crippen LogP contribution in [-0.2, 0) is 9.53 Å². The Morgan fingerprint density at radius 2 is 2.19 bits per heavy atom. The quantitative estimate of drug-likeness (QED) is 0.768. The fourth-order valence-corrected chi connectivity index (χ4v) is 1.32. The van der Waals surface area contributed by atoms with Crippen molar-refractivity contribution in [3.8, 4) is 5.75 Å². The molecule has 0 fully saturated rings. The van der Waals surface area contributed by atoms with Crippen molar-refractivity contribution in [2.45, 2.75) is 20.0 Å². The molecule has 1 unspecified atom stereocenters. The molecule has 5 heteroatoms. The monoisotopic (exact) mass is 228 g/mol. The molecule has 4 nitrogen and oxygen atoms in total. The fraction of sp³-hybridized carbons (Fsp3) is 0.364. The number of aliphatic hydroxyl groups excluding tert-OH is 1. The topological polar surface area (TPSA) is 66.8 Å². The molecule has 0 aromatic heterocycles. The first-order valence-corrected chi connectivity index (χ1v) is 4.81. The molecule has 0 amide bonds. The summed E-state index contributed by atoms with van der Waals surface area (Å²) < 4.78 is 18.1. The van der Waals surface area contributed by atoms with Gasteiger partial charge in [0.2, 0.25) is 0 Å². The standard InChI is InChI=1S/C11H13FO4/c1-3-16-11(15)10(14)8-5-7(13)4-6(2)9(8)12/h4-5,10,13-14H,3H2,1-2H3. The number of aliphatic hydroxyl groups is 1. The lowest BCUT2D eigenvalue weighted by Gasteiger charge is -2.12. The smallest absolute Gasteiger partial charge is 0.339 e. The average molecular weight is 228 g/mol. The summed E-state index contributed by atoms with van der Waals surface area (Å²) >= 11 is 0. The van der Waals surface area contributed by atoms with E-state index in [9.17, 15) is 19.4 Å². The van der Waals surface area contributed by atoms with Crippen molar-refractivity contribution in [1.29, 1.82) is 0 Å². The molecule has 0 aliphatic heterocycles. The van der Waals surface area contributed by atoms with Gasteiger partial charge in [-0.2, -0.15) is 0 Å². The van der Waals surface area contributed by atoms with Crippen LogP contribution in [-0.4, -0.2) is 22.8 Å². The molecule has 1 rings (SSSR count). The van der Waals surface area contributed by atoms with E-state index in [4.69, 9.17) is 0 Å². The highest BCUT2D eigenvalue weighted by Crippen LogP contribution is 2.25. The third kappa shape index (κ3) is 2.49. The van der Waals surface area contributed by atoms with Gasteiger partial charge in [-0.1, -0.05) is 0 Å². The number of esters is 1. The van der Waals surface area contributed by atoms with Crippen molar-refractivity contribution in [3.63, 3.8) is 0 Å². The summed E-state index contributed by atoms with van der Waals surface area (Å²) in [5, 5.41) is 18.8. The number of phenols is 1. The third-order valence-corrected chi connectivity index (χ3v) is 2.07. The Bertz CT molecular complexity index is 403. The SMILES string of the molecule is CCOC(=O)C(O)c1cc(O)cc(C)c1F. The van der Waals surface area contributed by atoms with Crippen LogP contribution in [0.25, 0.3) is 0 Å². The van der Waals surface area contributed by atoms with Crippen LogP contribution < -0.4 is 0 Å². The molecule has 0 aliphatic carbocycles. The van der Waals surface area contributed by atoms with Crippen molar-refractivity contribution in [2.75, 3.05) is 6.61 Å². The minimum absolute atomic E-state index is 0.0926. The maximum Gasteiger partial charge on any atom is 0.339 e. The van der Waals surface area contributed by atoms with Crippen LogP contribution in [0.15, 0.2) is 12.1 Å². The molecule has 88 valence electrons. The molecule has 1 aromatic rings. The lowest BCUT2D eigenvalue weighted by atomic mass is 10.0. The first-order valence-electron chi connectivity index (χ1n) is 4.81. The fourth-order valence-electron chi connectivity index (χ4n) is 1.32. The third-order valence-electron chi connectivity index (χ3n) is 2.07. The van der Waals surface area contributed by atoms with Gasteiger partial charge in [0.15, 0.2) is 6.10 Å². The van der Waals surface area contributed by atoms with Gasteiger partial charge in [0, 0.05) is 5.56 Å². The number of benzene rings is 1. The zero-order valence-corrected chi connectivity index (χ0v) is 9.03. The molecule has 0 heterocycles. The number of rotatable bonds is 3. The van der Waals surface area contributed by atoms with Crippen molar-refractivity contribution in [1.82, 2.24) is 0 Å². The number of aromatic hydroxyl groups is 1. The van der Waals surface area contributed by atoms with Crippen molar-refractivity contribution in [2.24, 2.45) is 0 Å². The van der Waals surface area contributed by atoms with E-state index in [2.05, 4.69) is 4.74 Å². The second-order valence-corrected chi connectivity index (χ2v) is 3.32. The molecule has 16 heavy (non-hydrogen) atoms. The predicted octanol–water partition coefficient (Wildman–Crippen LogP) is 1.44. The van der Waals surface area contributed by atoms with Crippen LogP contribution in [0.1, 0.15) is 24.2 Å². The highest BCUT2D eigenvalue weighted by molar-refractivity contribution is 5.76. The van der Waals surface area contributed by atoms with Gasteiger partial charge in [-0.3, -0.25) is 0 Å². The molecule has 0 aliphatic rings. The maximum atomic E-state index is 13.6. The Kier molecular flexibility index (Phi) is 3.84. The van der Waals surface area contributed by atoms with Gasteiger partial charge in [0.05, 0.1) is 6.61 Å². The van der Waals surface area contributed by atoms with E-state index in [0.717, 1.165) is 6.07 Å². The Balaban J connectivity index is 3.08. The van der Waals surface area contributed by atoms with Gasteiger partial charge in [0.1, 0.15) is 11.6 Å². The van der Waals surface area contributed by atoms with Gasteiger partial charge in [-0.05, 0) is 31.5 Å². The molecule has 0 saturated heterocycles. The van der Waals surface area contributed by atoms with E-state index in [1.54, 1.807) is 6.92 Å². The highest BCUT2D eigenvalue weighted by atomic mass is 19.1. The Morgan fingerprint density at radius 1 is 1.56 bits per heavy atom. The molecular formula is C11H13FO4. The number of carbonyl (C=O) groups is 1. The van der Waals surface area contributed by atoms with Gasteiger partial charge in [-0.15, -0.1) is 0 Å². The lowest BCUT2D eigenvalue weighted by Crippen LogP contribution is -2.17. The van der Waals surface area contributed by atoms with Crippen molar-refractivity contribution >= 4 is 5.97 Å². The zero-order valence-electron chi connectivity index (χ0n) is 9.03. The normalized spacial score (nSPS) is 12.2. The zero-order chi connectivity index (χ0) is 12.3. The van der Waals surface area contributed by atoms with Crippen LogP contribution >= 0.6 is 0 Å². The minimum Gasteiger partial charge on any atom is -0.508 e. The second kappa shape index (κ2) is 4.94. The summed E-state index contributed by atoms with van der Waals surface area (Å²) in [5.74, 6) is -1.87. The molecular weight excluding hydrogens is 215 g/mol. The number of hydrogen-bond donors (Lipinski definition) is 2. The molecule has 0 spiro atoms. The average Bonchev–Trinajstić information content (AvgIpc) is 2.22. The summed E-state index contributed by atoms with van der Waals surface area (Å²) in [6.07, 6.45) is -1.72. The van der Waals surface area contributed by atoms with Crippen LogP contribution in [0.5, 0.6) is 5.75 Å². The summed E-state index contributed by atoms with van der Waals surface area (Å²) in [4.78, 5) is 11.2. The van der Waals surface area contributed by atoms with Crippen LogP contribution in [0, 0.1) is 12.7 Å².